The molecule has 2 amide bonds. The maximum absolute atomic E-state index is 13.1. The number of ether oxygens (including phenoxy) is 1. The van der Waals surface area contributed by atoms with Crippen molar-refractivity contribution in [3.05, 3.63) is 102 Å². The molecule has 0 aliphatic rings. The molecule has 9 nitrogen and oxygen atoms in total. The van der Waals surface area contributed by atoms with E-state index in [1.165, 1.54) is 32.6 Å². The van der Waals surface area contributed by atoms with Crippen molar-refractivity contribution in [3.63, 3.8) is 0 Å². The Labute approximate surface area is 289 Å². The Balaban J connectivity index is 1.39. The second-order valence-electron chi connectivity index (χ2n) is 12.9. The largest absolute Gasteiger partial charge is 0.494 e. The van der Waals surface area contributed by atoms with E-state index in [2.05, 4.69) is 41.4 Å². The molecule has 0 saturated carbocycles. The standard InChI is InChI=1S/C40H48N4O5/c1-5-6-7-8-9-22-49-35-20-18-31(19-21-35)34-25-41-37(42-26-34)32-14-10-30(11-15-32)24-36(39(46)43-28(4)40(47)48)44-38(45)33-16-12-29(13-17-33)23-27(2)3/h10-21,25-28,36H,5-9,22-24H2,1-4H3,(H,43,46)(H,44,45)(H,47,48)/t28-,36+/m1/s1. The maximum atomic E-state index is 13.1. The summed E-state index contributed by atoms with van der Waals surface area (Å²) in [4.78, 5) is 46.8. The van der Waals surface area contributed by atoms with Gasteiger partial charge in [-0.3, -0.25) is 14.4 Å². The van der Waals surface area contributed by atoms with Crippen LogP contribution in [-0.4, -0.2) is 51.5 Å². The van der Waals surface area contributed by atoms with Gasteiger partial charge in [-0.2, -0.15) is 0 Å². The molecule has 0 aliphatic carbocycles. The zero-order valence-electron chi connectivity index (χ0n) is 28.9. The highest BCUT2D eigenvalue weighted by Crippen LogP contribution is 2.24. The van der Waals surface area contributed by atoms with Crippen LogP contribution in [0.1, 0.15) is 81.3 Å². The van der Waals surface area contributed by atoms with E-state index in [-0.39, 0.29) is 6.42 Å². The molecule has 0 spiro atoms. The number of hydrogen-bond acceptors (Lipinski definition) is 6. The van der Waals surface area contributed by atoms with E-state index in [4.69, 9.17) is 4.74 Å². The van der Waals surface area contributed by atoms with Gasteiger partial charge >= 0.3 is 5.97 Å². The SMILES string of the molecule is CCCCCCCOc1ccc(-c2cnc(-c3ccc(C[C@H](NC(=O)c4ccc(CC(C)C)cc4)C(=O)N[C@H](C)C(=O)O)cc3)nc2)cc1. The van der Waals surface area contributed by atoms with Crippen LogP contribution >= 0.6 is 0 Å². The number of amides is 2. The normalized spacial score (nSPS) is 12.3. The van der Waals surface area contributed by atoms with Gasteiger partial charge in [-0.15, -0.1) is 0 Å². The summed E-state index contributed by atoms with van der Waals surface area (Å²) >= 11 is 0. The van der Waals surface area contributed by atoms with Crippen molar-refractivity contribution < 1.29 is 24.2 Å². The number of nitrogens with zero attached hydrogens (tertiary/aromatic N) is 2. The van der Waals surface area contributed by atoms with Crippen LogP contribution in [0, 0.1) is 5.92 Å². The van der Waals surface area contributed by atoms with Crippen LogP contribution in [0.4, 0.5) is 0 Å². The smallest absolute Gasteiger partial charge is 0.325 e. The van der Waals surface area contributed by atoms with E-state index in [0.717, 1.165) is 53.0 Å². The number of rotatable bonds is 18. The molecule has 2 atom stereocenters. The molecule has 1 aromatic heterocycles. The number of carboxylic acid groups (broad SMARTS) is 1. The first-order chi connectivity index (χ1) is 23.6. The molecule has 258 valence electrons. The summed E-state index contributed by atoms with van der Waals surface area (Å²) in [5.41, 5.74) is 5.00. The molecule has 3 aromatic carbocycles. The monoisotopic (exact) mass is 664 g/mol. The summed E-state index contributed by atoms with van der Waals surface area (Å²) in [6, 6.07) is 20.6. The fourth-order valence-corrected chi connectivity index (χ4v) is 5.38. The molecule has 0 radical (unpaired) electrons. The van der Waals surface area contributed by atoms with Gasteiger partial charge in [-0.1, -0.05) is 95.0 Å². The number of benzene rings is 3. The molecule has 1 heterocycles. The molecule has 0 saturated heterocycles. The third-order valence-electron chi connectivity index (χ3n) is 8.22. The minimum atomic E-state index is -1.16. The van der Waals surface area contributed by atoms with Crippen LogP contribution in [0.3, 0.4) is 0 Å². The maximum Gasteiger partial charge on any atom is 0.325 e. The molecule has 0 aliphatic heterocycles. The lowest BCUT2D eigenvalue weighted by molar-refractivity contribution is -0.141. The van der Waals surface area contributed by atoms with Gasteiger partial charge in [0.25, 0.3) is 5.91 Å². The van der Waals surface area contributed by atoms with Gasteiger partial charge < -0.3 is 20.5 Å². The third-order valence-corrected chi connectivity index (χ3v) is 8.22. The number of aliphatic carboxylic acids is 1. The van der Waals surface area contributed by atoms with Gasteiger partial charge in [0.2, 0.25) is 5.91 Å². The number of carbonyl (C=O) groups excluding carboxylic acids is 2. The molecule has 4 rings (SSSR count). The van der Waals surface area contributed by atoms with Crippen LogP contribution in [-0.2, 0) is 22.4 Å². The van der Waals surface area contributed by atoms with E-state index in [1.807, 2.05) is 60.7 Å². The predicted molar refractivity (Wildman–Crippen MR) is 192 cm³/mol. The third kappa shape index (κ3) is 11.6. The lowest BCUT2D eigenvalue weighted by Crippen LogP contribution is -2.51. The zero-order valence-corrected chi connectivity index (χ0v) is 28.9. The first-order valence-corrected chi connectivity index (χ1v) is 17.2. The number of carbonyl (C=O) groups is 3. The first kappa shape index (κ1) is 36.8. The highest BCUT2D eigenvalue weighted by molar-refractivity contribution is 5.98. The van der Waals surface area contributed by atoms with E-state index >= 15 is 0 Å². The molecule has 9 heteroatoms. The molecule has 49 heavy (non-hydrogen) atoms. The minimum Gasteiger partial charge on any atom is -0.494 e. The fraction of sp³-hybridized carbons (Fsp3) is 0.375. The predicted octanol–water partition coefficient (Wildman–Crippen LogP) is 7.29. The Morgan fingerprint density at radius 1 is 0.714 bits per heavy atom. The van der Waals surface area contributed by atoms with Crippen LogP contribution in [0.15, 0.2) is 85.2 Å². The van der Waals surface area contributed by atoms with Gasteiger partial charge in [-0.25, -0.2) is 9.97 Å². The van der Waals surface area contributed by atoms with Crippen molar-refractivity contribution in [2.45, 2.75) is 84.7 Å². The van der Waals surface area contributed by atoms with Crippen molar-refractivity contribution in [1.29, 1.82) is 0 Å². The molecule has 0 fully saturated rings. The van der Waals surface area contributed by atoms with Gasteiger partial charge in [0, 0.05) is 35.5 Å². The lowest BCUT2D eigenvalue weighted by atomic mass is 10.0. The fourth-order valence-electron chi connectivity index (χ4n) is 5.38. The molecular formula is C40H48N4O5. The Morgan fingerprint density at radius 2 is 1.31 bits per heavy atom. The average molecular weight is 665 g/mol. The van der Waals surface area contributed by atoms with Crippen LogP contribution < -0.4 is 15.4 Å². The molecular weight excluding hydrogens is 616 g/mol. The molecule has 4 aromatic rings. The van der Waals surface area contributed by atoms with Crippen LogP contribution in [0.25, 0.3) is 22.5 Å². The minimum absolute atomic E-state index is 0.161. The van der Waals surface area contributed by atoms with E-state index in [9.17, 15) is 19.5 Å². The quantitative estimate of drug-likeness (QED) is 0.0953. The summed E-state index contributed by atoms with van der Waals surface area (Å²) in [6.45, 7) is 8.58. The summed E-state index contributed by atoms with van der Waals surface area (Å²) < 4.78 is 5.88. The van der Waals surface area contributed by atoms with Gasteiger partial charge in [0.05, 0.1) is 6.61 Å². The number of hydrogen-bond donors (Lipinski definition) is 3. The number of nitrogens with one attached hydrogen (secondary N) is 2. The van der Waals surface area contributed by atoms with Crippen molar-refractivity contribution >= 4 is 17.8 Å². The lowest BCUT2D eigenvalue weighted by Gasteiger charge is -2.20. The molecule has 3 N–H and O–H groups in total. The Hall–Kier alpha value is -5.05. The van der Waals surface area contributed by atoms with Crippen molar-refractivity contribution in [2.24, 2.45) is 5.92 Å². The number of aromatic nitrogens is 2. The summed E-state index contributed by atoms with van der Waals surface area (Å²) in [5, 5.41) is 14.6. The van der Waals surface area contributed by atoms with Crippen molar-refractivity contribution in [2.75, 3.05) is 6.61 Å². The van der Waals surface area contributed by atoms with E-state index in [0.29, 0.717) is 17.3 Å². The van der Waals surface area contributed by atoms with Gasteiger partial charge in [-0.05, 0) is 66.6 Å². The molecule has 0 unspecified atom stereocenters. The van der Waals surface area contributed by atoms with Crippen LogP contribution in [0.2, 0.25) is 0 Å². The summed E-state index contributed by atoms with van der Waals surface area (Å²) in [5.74, 6) is -0.266. The topological polar surface area (TPSA) is 131 Å². The van der Waals surface area contributed by atoms with Gasteiger partial charge in [0.1, 0.15) is 17.8 Å². The summed E-state index contributed by atoms with van der Waals surface area (Å²) in [6.07, 6.45) is 10.6. The van der Waals surface area contributed by atoms with Crippen molar-refractivity contribution in [3.8, 4) is 28.3 Å². The molecule has 0 bridgehead atoms. The second-order valence-corrected chi connectivity index (χ2v) is 12.9. The zero-order chi connectivity index (χ0) is 35.2. The number of carboxylic acids is 1. The van der Waals surface area contributed by atoms with E-state index in [1.54, 1.807) is 24.5 Å². The highest BCUT2D eigenvalue weighted by atomic mass is 16.5. The Bertz CT molecular complexity index is 1640. The van der Waals surface area contributed by atoms with Gasteiger partial charge in [0.15, 0.2) is 5.82 Å². The second kappa shape index (κ2) is 18.5. The Kier molecular flexibility index (Phi) is 13.9. The number of unbranched alkanes of at least 4 members (excludes halogenated alkanes) is 4. The van der Waals surface area contributed by atoms with Crippen molar-refractivity contribution in [1.82, 2.24) is 20.6 Å². The van der Waals surface area contributed by atoms with E-state index < -0.39 is 29.9 Å². The average Bonchev–Trinajstić information content (AvgIpc) is 3.10. The van der Waals surface area contributed by atoms with Crippen LogP contribution in [0.5, 0.6) is 5.75 Å². The Morgan fingerprint density at radius 3 is 1.92 bits per heavy atom. The first-order valence-electron chi connectivity index (χ1n) is 17.2. The summed E-state index contributed by atoms with van der Waals surface area (Å²) in [7, 11) is 0. The highest BCUT2D eigenvalue weighted by Gasteiger charge is 2.25.